The molecule has 206 valence electrons. The second-order valence-electron chi connectivity index (χ2n) is 8.57. The van der Waals surface area contributed by atoms with Crippen molar-refractivity contribution in [3.63, 3.8) is 0 Å². The van der Waals surface area contributed by atoms with Crippen molar-refractivity contribution >= 4 is 34.8 Å². The first kappa shape index (κ1) is 30.6. The first-order chi connectivity index (χ1) is 17.5. The van der Waals surface area contributed by atoms with Crippen molar-refractivity contribution in [2.24, 2.45) is 5.92 Å². The number of hydrogen-bond acceptors (Lipinski definition) is 7. The predicted octanol–water partition coefficient (Wildman–Crippen LogP) is 4.47. The molecule has 2 heterocycles. The van der Waals surface area contributed by atoms with E-state index in [4.69, 9.17) is 29.5 Å². The quantitative estimate of drug-likeness (QED) is 0.485. The summed E-state index contributed by atoms with van der Waals surface area (Å²) in [6, 6.07) is 2.82. The van der Waals surface area contributed by atoms with Gasteiger partial charge < -0.3 is 20.1 Å². The highest BCUT2D eigenvalue weighted by atomic mass is 35.5. The SMILES string of the molecule is CCn1nc(C(=O)NC[C@H]2CC[C@@H](C)CO2)c(Cl)c1-c1ccc(N[C@H](C)C(F)(F)F)cc1OC.O=S=O. The molecule has 1 saturated heterocycles. The highest BCUT2D eigenvalue weighted by molar-refractivity contribution is 7.51. The number of rotatable bonds is 8. The van der Waals surface area contributed by atoms with Crippen molar-refractivity contribution < 1.29 is 35.9 Å². The lowest BCUT2D eigenvalue weighted by Crippen LogP contribution is -2.37. The highest BCUT2D eigenvalue weighted by Crippen LogP contribution is 2.38. The molecule has 3 atom stereocenters. The first-order valence-corrected chi connectivity index (χ1v) is 12.6. The monoisotopic (exact) mass is 566 g/mol. The van der Waals surface area contributed by atoms with Gasteiger partial charge in [-0.05, 0) is 44.7 Å². The number of ether oxygens (including phenoxy) is 2. The number of amides is 1. The molecular weight excluding hydrogens is 537 g/mol. The summed E-state index contributed by atoms with van der Waals surface area (Å²) in [4.78, 5) is 12.8. The molecule has 9 nitrogen and oxygen atoms in total. The zero-order chi connectivity index (χ0) is 27.8. The standard InChI is InChI=1S/C23H30ClF3N4O3.O2S/c1-5-31-21(17-9-7-15(10-18(17)33-4)29-14(3)23(25,26)27)19(24)20(30-31)22(32)28-11-16-8-6-13(2)12-34-16;1-3-2/h7,9-10,13-14,16,29H,5-6,8,11-12H2,1-4H3,(H,28,32);/t13-,14-,16-;/m1./s1. The number of methoxy groups -OCH3 is 1. The summed E-state index contributed by atoms with van der Waals surface area (Å²) >= 11 is 5.85. The van der Waals surface area contributed by atoms with Crippen LogP contribution in [0.4, 0.5) is 18.9 Å². The Hall–Kier alpha value is -2.64. The summed E-state index contributed by atoms with van der Waals surface area (Å²) in [5.74, 6) is 0.391. The number of aromatic nitrogens is 2. The molecular formula is C23H30ClF3N4O5S. The van der Waals surface area contributed by atoms with Crippen LogP contribution in [0, 0.1) is 5.92 Å². The summed E-state index contributed by atoms with van der Waals surface area (Å²) in [6.45, 7) is 6.45. The van der Waals surface area contributed by atoms with Gasteiger partial charge in [-0.15, -0.1) is 0 Å². The minimum Gasteiger partial charge on any atom is -0.496 e. The Labute approximate surface area is 221 Å². The fraction of sp³-hybridized carbons (Fsp3) is 0.565. The van der Waals surface area contributed by atoms with E-state index in [1.54, 1.807) is 10.7 Å². The third-order valence-electron chi connectivity index (χ3n) is 5.83. The first-order valence-electron chi connectivity index (χ1n) is 11.6. The molecule has 0 bridgehead atoms. The van der Waals surface area contributed by atoms with Crippen LogP contribution in [0.5, 0.6) is 5.75 Å². The van der Waals surface area contributed by atoms with Gasteiger partial charge in [0.25, 0.3) is 5.91 Å². The van der Waals surface area contributed by atoms with Gasteiger partial charge in [-0.1, -0.05) is 18.5 Å². The van der Waals surface area contributed by atoms with Crippen LogP contribution < -0.4 is 15.4 Å². The number of nitrogens with zero attached hydrogens (tertiary/aromatic N) is 2. The third-order valence-corrected chi connectivity index (χ3v) is 6.19. The minimum atomic E-state index is -4.39. The molecule has 1 aromatic carbocycles. The molecule has 1 aliphatic rings. The number of aryl methyl sites for hydroxylation is 1. The smallest absolute Gasteiger partial charge is 0.408 e. The maximum atomic E-state index is 12.9. The molecule has 0 aliphatic carbocycles. The van der Waals surface area contributed by atoms with E-state index < -0.39 is 29.7 Å². The third kappa shape index (κ3) is 8.17. The number of hydrogen-bond donors (Lipinski definition) is 2. The van der Waals surface area contributed by atoms with Gasteiger partial charge >= 0.3 is 17.7 Å². The van der Waals surface area contributed by atoms with Crippen molar-refractivity contribution in [3.8, 4) is 17.0 Å². The number of carbonyl (C=O) groups is 1. The van der Waals surface area contributed by atoms with Crippen molar-refractivity contribution in [3.05, 3.63) is 28.9 Å². The van der Waals surface area contributed by atoms with Gasteiger partial charge in [0.2, 0.25) is 0 Å². The van der Waals surface area contributed by atoms with Crippen LogP contribution >= 0.6 is 11.6 Å². The fourth-order valence-electron chi connectivity index (χ4n) is 3.77. The second kappa shape index (κ2) is 13.8. The lowest BCUT2D eigenvalue weighted by atomic mass is 10.0. The molecule has 0 spiro atoms. The van der Waals surface area contributed by atoms with Gasteiger partial charge in [-0.2, -0.15) is 26.7 Å². The molecule has 3 rings (SSSR count). The average molecular weight is 567 g/mol. The van der Waals surface area contributed by atoms with Crippen LogP contribution in [0.25, 0.3) is 11.3 Å². The van der Waals surface area contributed by atoms with E-state index >= 15 is 0 Å². The van der Waals surface area contributed by atoms with Crippen molar-refractivity contribution in [1.82, 2.24) is 15.1 Å². The second-order valence-corrected chi connectivity index (χ2v) is 9.08. The summed E-state index contributed by atoms with van der Waals surface area (Å²) in [7, 11) is 1.41. The van der Waals surface area contributed by atoms with Gasteiger partial charge in [0.1, 0.15) is 11.8 Å². The summed E-state index contributed by atoms with van der Waals surface area (Å²) in [5.41, 5.74) is 1.27. The summed E-state index contributed by atoms with van der Waals surface area (Å²) in [5, 5.41) is 9.77. The lowest BCUT2D eigenvalue weighted by molar-refractivity contribution is -0.138. The lowest BCUT2D eigenvalue weighted by Gasteiger charge is -2.26. The van der Waals surface area contributed by atoms with Crippen molar-refractivity contribution in [2.75, 3.05) is 25.6 Å². The molecule has 0 saturated carbocycles. The van der Waals surface area contributed by atoms with Crippen LogP contribution in [-0.2, 0) is 22.9 Å². The van der Waals surface area contributed by atoms with Gasteiger partial charge in [0.15, 0.2) is 5.69 Å². The Kier molecular flexibility index (Phi) is 11.4. The molecule has 2 N–H and O–H groups in total. The number of alkyl halides is 3. The van der Waals surface area contributed by atoms with Gasteiger partial charge in [-0.3, -0.25) is 9.48 Å². The Morgan fingerprint density at radius 3 is 2.57 bits per heavy atom. The maximum Gasteiger partial charge on any atom is 0.408 e. The zero-order valence-electron chi connectivity index (χ0n) is 20.9. The maximum absolute atomic E-state index is 12.9. The minimum absolute atomic E-state index is 0.0501. The topological polar surface area (TPSA) is 112 Å². The number of nitrogens with one attached hydrogen (secondary N) is 2. The van der Waals surface area contributed by atoms with Crippen molar-refractivity contribution in [2.45, 2.75) is 58.5 Å². The largest absolute Gasteiger partial charge is 0.496 e. The van der Waals surface area contributed by atoms with E-state index in [2.05, 4.69) is 22.7 Å². The summed E-state index contributed by atoms with van der Waals surface area (Å²) < 4.78 is 68.1. The van der Waals surface area contributed by atoms with Gasteiger partial charge in [-0.25, -0.2) is 0 Å². The number of halogens is 4. The van der Waals surface area contributed by atoms with E-state index in [0.29, 0.717) is 42.6 Å². The molecule has 1 fully saturated rings. The van der Waals surface area contributed by atoms with Crippen LogP contribution in [-0.4, -0.2) is 62.7 Å². The van der Waals surface area contributed by atoms with E-state index in [1.165, 1.54) is 19.2 Å². The fourth-order valence-corrected chi connectivity index (χ4v) is 4.09. The molecule has 0 unspecified atom stereocenters. The molecule has 37 heavy (non-hydrogen) atoms. The van der Waals surface area contributed by atoms with Crippen LogP contribution in [0.15, 0.2) is 18.2 Å². The number of benzene rings is 1. The zero-order valence-corrected chi connectivity index (χ0v) is 22.4. The Bertz CT molecular complexity index is 1100. The van der Waals surface area contributed by atoms with Crippen molar-refractivity contribution in [1.29, 1.82) is 0 Å². The molecule has 0 radical (unpaired) electrons. The predicted molar refractivity (Wildman–Crippen MR) is 133 cm³/mol. The van der Waals surface area contributed by atoms with Crippen LogP contribution in [0.1, 0.15) is 44.1 Å². The average Bonchev–Trinajstić information content (AvgIpc) is 3.19. The normalized spacial score (nSPS) is 18.3. The Morgan fingerprint density at radius 1 is 1.35 bits per heavy atom. The molecule has 1 aromatic heterocycles. The molecule has 1 aliphatic heterocycles. The van der Waals surface area contributed by atoms with E-state index in [1.807, 2.05) is 6.92 Å². The van der Waals surface area contributed by atoms with Crippen LogP contribution in [0.2, 0.25) is 5.02 Å². The van der Waals surface area contributed by atoms with Crippen LogP contribution in [0.3, 0.4) is 0 Å². The molecule has 14 heteroatoms. The number of carbonyl (C=O) groups excluding carboxylic acids is 1. The molecule has 1 amide bonds. The Balaban J connectivity index is 0.00000153. The Morgan fingerprint density at radius 2 is 2.03 bits per heavy atom. The van der Waals surface area contributed by atoms with Gasteiger partial charge in [0.05, 0.1) is 23.9 Å². The highest BCUT2D eigenvalue weighted by Gasteiger charge is 2.36. The number of anilines is 1. The van der Waals surface area contributed by atoms with E-state index in [-0.39, 0.29) is 22.5 Å². The molecule has 2 aromatic rings. The summed E-state index contributed by atoms with van der Waals surface area (Å²) in [6.07, 6.45) is -2.53. The van der Waals surface area contributed by atoms with E-state index in [9.17, 15) is 18.0 Å². The van der Waals surface area contributed by atoms with Gasteiger partial charge in [0, 0.05) is 37.0 Å². The van der Waals surface area contributed by atoms with E-state index in [0.717, 1.165) is 19.8 Å².